The number of nitrogens with zero attached hydrogens (tertiary/aromatic N) is 5. The monoisotopic (exact) mass is 353 g/mol. The maximum absolute atomic E-state index is 4.62. The summed E-state index contributed by atoms with van der Waals surface area (Å²) in [7, 11) is 1.92. The Kier molecular flexibility index (Phi) is 5.88. The standard InChI is InChI=1S/C19H27N7/c1-4-20-19(22-12-16-13-23-25(3)14-16)21-10-7-11-26-15(2)24-17-8-5-6-9-18(17)26/h5-6,8-9,13-14H,4,7,10-12H2,1-3H3,(H2,20,21,22). The van der Waals surface area contributed by atoms with Crippen LogP contribution in [-0.2, 0) is 20.1 Å². The molecular weight excluding hydrogens is 326 g/mol. The molecule has 0 spiro atoms. The number of aryl methyl sites for hydroxylation is 3. The molecule has 0 bridgehead atoms. The number of hydrogen-bond acceptors (Lipinski definition) is 3. The van der Waals surface area contributed by atoms with Crippen molar-refractivity contribution in [2.24, 2.45) is 12.0 Å². The first-order valence-corrected chi connectivity index (χ1v) is 9.09. The minimum absolute atomic E-state index is 0.619. The Morgan fingerprint density at radius 2 is 2.08 bits per heavy atom. The summed E-state index contributed by atoms with van der Waals surface area (Å²) in [6.07, 6.45) is 4.83. The van der Waals surface area contributed by atoms with Gasteiger partial charge in [-0.25, -0.2) is 9.98 Å². The molecule has 3 rings (SSSR count). The minimum Gasteiger partial charge on any atom is -0.357 e. The van der Waals surface area contributed by atoms with E-state index in [1.165, 1.54) is 5.52 Å². The zero-order valence-corrected chi connectivity index (χ0v) is 15.7. The van der Waals surface area contributed by atoms with Gasteiger partial charge in [0, 0.05) is 38.4 Å². The molecule has 0 radical (unpaired) electrons. The summed E-state index contributed by atoms with van der Waals surface area (Å²) in [5.74, 6) is 1.90. The van der Waals surface area contributed by atoms with Crippen LogP contribution in [0, 0.1) is 6.92 Å². The number of fused-ring (bicyclic) bond motifs is 1. The summed E-state index contributed by atoms with van der Waals surface area (Å²) in [4.78, 5) is 9.24. The molecule has 1 aromatic carbocycles. The van der Waals surface area contributed by atoms with Crippen LogP contribution in [-0.4, -0.2) is 38.4 Å². The van der Waals surface area contributed by atoms with Crippen molar-refractivity contribution in [2.75, 3.05) is 13.1 Å². The lowest BCUT2D eigenvalue weighted by atomic mass is 10.3. The summed E-state index contributed by atoms with van der Waals surface area (Å²) in [5.41, 5.74) is 3.36. The lowest BCUT2D eigenvalue weighted by Gasteiger charge is -2.12. The summed E-state index contributed by atoms with van der Waals surface area (Å²) in [6.45, 7) is 7.37. The molecule has 138 valence electrons. The minimum atomic E-state index is 0.619. The quantitative estimate of drug-likeness (QED) is 0.388. The van der Waals surface area contributed by atoms with Crippen molar-refractivity contribution >= 4 is 17.0 Å². The van der Waals surface area contributed by atoms with E-state index in [2.05, 4.69) is 62.3 Å². The van der Waals surface area contributed by atoms with Gasteiger partial charge < -0.3 is 15.2 Å². The van der Waals surface area contributed by atoms with Gasteiger partial charge >= 0.3 is 0 Å². The molecule has 7 heteroatoms. The first kappa shape index (κ1) is 18.0. The highest BCUT2D eigenvalue weighted by atomic mass is 15.2. The molecule has 0 fully saturated rings. The molecule has 0 aliphatic heterocycles. The number of benzene rings is 1. The number of aliphatic imine (C=N–C) groups is 1. The van der Waals surface area contributed by atoms with Crippen LogP contribution < -0.4 is 10.6 Å². The molecule has 0 atom stereocenters. The van der Waals surface area contributed by atoms with Crippen LogP contribution in [0.3, 0.4) is 0 Å². The molecule has 0 unspecified atom stereocenters. The van der Waals surface area contributed by atoms with E-state index in [4.69, 9.17) is 0 Å². The third-order valence-corrected chi connectivity index (χ3v) is 4.22. The molecule has 0 amide bonds. The van der Waals surface area contributed by atoms with Crippen LogP contribution in [0.25, 0.3) is 11.0 Å². The van der Waals surface area contributed by atoms with E-state index in [0.717, 1.165) is 48.9 Å². The van der Waals surface area contributed by atoms with Crippen LogP contribution in [0.15, 0.2) is 41.7 Å². The maximum atomic E-state index is 4.62. The van der Waals surface area contributed by atoms with Gasteiger partial charge in [-0.1, -0.05) is 12.1 Å². The first-order valence-electron chi connectivity index (χ1n) is 9.09. The van der Waals surface area contributed by atoms with Crippen molar-refractivity contribution in [1.29, 1.82) is 0 Å². The smallest absolute Gasteiger partial charge is 0.191 e. The summed E-state index contributed by atoms with van der Waals surface area (Å²) >= 11 is 0. The molecule has 0 aliphatic carbocycles. The molecule has 0 saturated carbocycles. The Morgan fingerprint density at radius 3 is 2.85 bits per heavy atom. The number of rotatable bonds is 7. The summed E-state index contributed by atoms with van der Waals surface area (Å²) < 4.78 is 4.07. The molecular formula is C19H27N7. The Labute approximate surface area is 154 Å². The van der Waals surface area contributed by atoms with Gasteiger partial charge in [0.25, 0.3) is 0 Å². The fourth-order valence-corrected chi connectivity index (χ4v) is 2.99. The van der Waals surface area contributed by atoms with Crippen molar-refractivity contribution in [3.05, 3.63) is 48.0 Å². The highest BCUT2D eigenvalue weighted by Gasteiger charge is 2.06. The molecule has 3 aromatic rings. The van der Waals surface area contributed by atoms with Gasteiger partial charge in [0.2, 0.25) is 0 Å². The summed E-state index contributed by atoms with van der Waals surface area (Å²) in [6, 6.07) is 8.28. The molecule has 2 aromatic heterocycles. The average molecular weight is 353 g/mol. The number of guanidine groups is 1. The molecule has 2 heterocycles. The number of nitrogens with one attached hydrogen (secondary N) is 2. The van der Waals surface area contributed by atoms with Gasteiger partial charge in [-0.05, 0) is 32.4 Å². The van der Waals surface area contributed by atoms with Crippen LogP contribution >= 0.6 is 0 Å². The van der Waals surface area contributed by atoms with Crippen LogP contribution in [0.1, 0.15) is 24.7 Å². The number of aromatic nitrogens is 4. The lowest BCUT2D eigenvalue weighted by molar-refractivity contribution is 0.624. The highest BCUT2D eigenvalue weighted by Crippen LogP contribution is 2.15. The van der Waals surface area contributed by atoms with E-state index < -0.39 is 0 Å². The maximum Gasteiger partial charge on any atom is 0.191 e. The zero-order valence-electron chi connectivity index (χ0n) is 15.7. The van der Waals surface area contributed by atoms with Crippen LogP contribution in [0.2, 0.25) is 0 Å². The fourth-order valence-electron chi connectivity index (χ4n) is 2.99. The van der Waals surface area contributed by atoms with Crippen molar-refractivity contribution in [3.63, 3.8) is 0 Å². The van der Waals surface area contributed by atoms with Crippen molar-refractivity contribution in [1.82, 2.24) is 30.0 Å². The SMILES string of the molecule is CCNC(=NCc1cnn(C)c1)NCCCn1c(C)nc2ccccc21. The van der Waals surface area contributed by atoms with E-state index in [-0.39, 0.29) is 0 Å². The van der Waals surface area contributed by atoms with Gasteiger partial charge in [0.1, 0.15) is 5.82 Å². The Balaban J connectivity index is 1.53. The lowest BCUT2D eigenvalue weighted by Crippen LogP contribution is -2.38. The van der Waals surface area contributed by atoms with E-state index >= 15 is 0 Å². The topological polar surface area (TPSA) is 72.1 Å². The normalized spacial score (nSPS) is 11.9. The van der Waals surface area contributed by atoms with Gasteiger partial charge in [0.05, 0.1) is 23.8 Å². The van der Waals surface area contributed by atoms with Crippen molar-refractivity contribution in [3.8, 4) is 0 Å². The second-order valence-corrected chi connectivity index (χ2v) is 6.30. The average Bonchev–Trinajstić information content (AvgIpc) is 3.19. The predicted molar refractivity (Wildman–Crippen MR) is 105 cm³/mol. The molecule has 7 nitrogen and oxygen atoms in total. The Morgan fingerprint density at radius 1 is 1.23 bits per heavy atom. The van der Waals surface area contributed by atoms with E-state index in [1.54, 1.807) is 4.68 Å². The molecule has 0 saturated heterocycles. The number of hydrogen-bond donors (Lipinski definition) is 2. The van der Waals surface area contributed by atoms with Gasteiger partial charge in [-0.3, -0.25) is 4.68 Å². The first-order chi connectivity index (χ1) is 12.7. The predicted octanol–water partition coefficient (Wildman–Crippen LogP) is 2.22. The Bertz CT molecular complexity index is 875. The van der Waals surface area contributed by atoms with Gasteiger partial charge in [0.15, 0.2) is 5.96 Å². The number of para-hydroxylation sites is 2. The molecule has 2 N–H and O–H groups in total. The second kappa shape index (κ2) is 8.51. The fraction of sp³-hybridized carbons (Fsp3) is 0.421. The third kappa shape index (κ3) is 4.41. The van der Waals surface area contributed by atoms with Crippen molar-refractivity contribution in [2.45, 2.75) is 33.4 Å². The van der Waals surface area contributed by atoms with Gasteiger partial charge in [-0.2, -0.15) is 5.10 Å². The van der Waals surface area contributed by atoms with Crippen LogP contribution in [0.5, 0.6) is 0 Å². The van der Waals surface area contributed by atoms with E-state index in [0.29, 0.717) is 6.54 Å². The van der Waals surface area contributed by atoms with Gasteiger partial charge in [-0.15, -0.1) is 0 Å². The van der Waals surface area contributed by atoms with E-state index in [1.807, 2.05) is 25.5 Å². The van der Waals surface area contributed by atoms with Crippen LogP contribution in [0.4, 0.5) is 0 Å². The zero-order chi connectivity index (χ0) is 18.4. The number of imidazole rings is 1. The second-order valence-electron chi connectivity index (χ2n) is 6.30. The third-order valence-electron chi connectivity index (χ3n) is 4.22. The highest BCUT2D eigenvalue weighted by molar-refractivity contribution is 5.79. The summed E-state index contributed by atoms with van der Waals surface area (Å²) in [5, 5.41) is 10.9. The Hall–Kier alpha value is -2.83. The molecule has 26 heavy (non-hydrogen) atoms. The molecule has 0 aliphatic rings. The largest absolute Gasteiger partial charge is 0.357 e. The van der Waals surface area contributed by atoms with Crippen molar-refractivity contribution < 1.29 is 0 Å². The van der Waals surface area contributed by atoms with E-state index in [9.17, 15) is 0 Å².